The van der Waals surface area contributed by atoms with Crippen LogP contribution in [0.3, 0.4) is 0 Å². The molecule has 0 bridgehead atoms. The van der Waals surface area contributed by atoms with Crippen molar-refractivity contribution >= 4 is 43.0 Å². The van der Waals surface area contributed by atoms with Crippen LogP contribution in [0.25, 0.3) is 21.2 Å². The third-order valence-electron chi connectivity index (χ3n) is 5.28. The summed E-state index contributed by atoms with van der Waals surface area (Å²) in [6.45, 7) is 5.43. The molecule has 2 N–H and O–H groups in total. The van der Waals surface area contributed by atoms with E-state index in [1.807, 2.05) is 0 Å². The first kappa shape index (κ1) is 26.0. The number of carbonyl (C=O) groups excluding carboxylic acids is 1. The molecule has 2 aromatic heterocycles. The van der Waals surface area contributed by atoms with Gasteiger partial charge in [-0.1, -0.05) is 6.58 Å². The Morgan fingerprint density at radius 1 is 1.14 bits per heavy atom. The molecule has 2 aromatic carbocycles. The van der Waals surface area contributed by atoms with Gasteiger partial charge in [-0.25, -0.2) is 17.2 Å². The van der Waals surface area contributed by atoms with Gasteiger partial charge < -0.3 is 14.6 Å². The summed E-state index contributed by atoms with van der Waals surface area (Å²) in [5, 5.41) is 3.85. The minimum Gasteiger partial charge on any atom is -0.454 e. The van der Waals surface area contributed by atoms with E-state index in [2.05, 4.69) is 16.6 Å². The molecule has 192 valence electrons. The highest BCUT2D eigenvalue weighted by atomic mass is 32.2. The highest BCUT2D eigenvalue weighted by molar-refractivity contribution is 7.95. The lowest BCUT2D eigenvalue weighted by Gasteiger charge is -2.16. The van der Waals surface area contributed by atoms with Crippen molar-refractivity contribution < 1.29 is 26.7 Å². The number of rotatable bonds is 8. The van der Waals surface area contributed by atoms with Gasteiger partial charge in [0, 0.05) is 53.5 Å². The number of amides is 1. The lowest BCUT2D eigenvalue weighted by atomic mass is 10.0. The lowest BCUT2D eigenvalue weighted by Crippen LogP contribution is -2.21. The molecular formula is C25H21F2N3O5S2. The molecule has 0 atom stereocenters. The Hall–Kier alpha value is -4.03. The zero-order valence-corrected chi connectivity index (χ0v) is 21.3. The van der Waals surface area contributed by atoms with Crippen molar-refractivity contribution in [3.8, 4) is 22.6 Å². The summed E-state index contributed by atoms with van der Waals surface area (Å²) in [7, 11) is -2.33. The summed E-state index contributed by atoms with van der Waals surface area (Å²) in [6.07, 6.45) is 1.51. The minimum atomic E-state index is -3.86. The molecule has 0 aliphatic heterocycles. The maximum Gasteiger partial charge on any atom is 0.268 e. The minimum absolute atomic E-state index is 0.0952. The van der Waals surface area contributed by atoms with Gasteiger partial charge in [0.05, 0.1) is 4.88 Å². The summed E-state index contributed by atoms with van der Waals surface area (Å²) in [6, 6.07) is 8.64. The number of nitrogens with one attached hydrogen (secondary N) is 2. The zero-order valence-electron chi connectivity index (χ0n) is 19.7. The molecule has 4 rings (SSSR count). The van der Waals surface area contributed by atoms with E-state index in [0.717, 1.165) is 28.9 Å². The zero-order chi connectivity index (χ0) is 26.9. The first-order valence-electron chi connectivity index (χ1n) is 10.9. The molecule has 0 unspecified atom stereocenters. The summed E-state index contributed by atoms with van der Waals surface area (Å²) in [4.78, 5) is 25.7. The van der Waals surface area contributed by atoms with E-state index in [4.69, 9.17) is 4.74 Å². The number of halogens is 2. The predicted octanol–water partition coefficient (Wildman–Crippen LogP) is 4.97. The number of hydrogen-bond acceptors (Lipinski definition) is 6. The summed E-state index contributed by atoms with van der Waals surface area (Å²) in [5.41, 5.74) is 0.507. The van der Waals surface area contributed by atoms with Crippen LogP contribution < -0.4 is 20.3 Å². The number of pyridine rings is 1. The fourth-order valence-electron chi connectivity index (χ4n) is 3.58. The van der Waals surface area contributed by atoms with E-state index in [9.17, 15) is 26.8 Å². The van der Waals surface area contributed by atoms with Gasteiger partial charge in [-0.2, -0.15) is 0 Å². The Balaban J connectivity index is 1.97. The van der Waals surface area contributed by atoms with Crippen LogP contribution in [0.4, 0.5) is 14.5 Å². The number of aromatic nitrogens is 1. The average molecular weight is 546 g/mol. The number of aryl methyl sites for hydroxylation is 1. The predicted molar refractivity (Wildman–Crippen MR) is 140 cm³/mol. The number of fused-ring (bicyclic) bond motifs is 1. The highest BCUT2D eigenvalue weighted by Gasteiger charge is 2.20. The maximum atomic E-state index is 14.4. The second-order valence-corrected chi connectivity index (χ2v) is 10.6. The van der Waals surface area contributed by atoms with Gasteiger partial charge >= 0.3 is 0 Å². The fourth-order valence-corrected chi connectivity index (χ4v) is 5.19. The van der Waals surface area contributed by atoms with Crippen LogP contribution in [-0.2, 0) is 17.1 Å². The molecular weight excluding hydrogens is 524 g/mol. The quantitative estimate of drug-likeness (QED) is 0.325. The van der Waals surface area contributed by atoms with Crippen molar-refractivity contribution in [2.45, 2.75) is 6.92 Å². The SMILES string of the molecule is C=CS(=O)(=O)Nc1ccc(Oc2ccc(F)cc2F)c(-c2cn(C)c(=O)c3sc(C(=O)NCC)cc23)c1. The molecule has 12 heteroatoms. The normalized spacial score (nSPS) is 11.4. The topological polar surface area (TPSA) is 106 Å². The van der Waals surface area contributed by atoms with Crippen LogP contribution in [0.2, 0.25) is 0 Å². The number of nitrogens with zero attached hydrogens (tertiary/aromatic N) is 1. The van der Waals surface area contributed by atoms with E-state index in [1.54, 1.807) is 13.0 Å². The Morgan fingerprint density at radius 3 is 2.54 bits per heavy atom. The monoisotopic (exact) mass is 545 g/mol. The Labute approximate surface area is 214 Å². The second kappa shape index (κ2) is 10.1. The number of benzene rings is 2. The number of hydrogen-bond donors (Lipinski definition) is 2. The second-order valence-electron chi connectivity index (χ2n) is 7.87. The van der Waals surface area contributed by atoms with Crippen molar-refractivity contribution in [1.82, 2.24) is 9.88 Å². The van der Waals surface area contributed by atoms with Gasteiger partial charge in [0.25, 0.3) is 21.5 Å². The van der Waals surface area contributed by atoms with E-state index in [1.165, 1.54) is 36.0 Å². The fraction of sp³-hybridized carbons (Fsp3) is 0.120. The molecule has 1 amide bonds. The van der Waals surface area contributed by atoms with Crippen LogP contribution in [0.1, 0.15) is 16.6 Å². The number of ether oxygens (including phenoxy) is 1. The lowest BCUT2D eigenvalue weighted by molar-refractivity contribution is 0.0960. The summed E-state index contributed by atoms with van der Waals surface area (Å²) < 4.78 is 61.7. The molecule has 0 radical (unpaired) electrons. The third kappa shape index (κ3) is 5.39. The highest BCUT2D eigenvalue weighted by Crippen LogP contribution is 2.40. The Kier molecular flexibility index (Phi) is 7.14. The molecule has 0 aliphatic rings. The van der Waals surface area contributed by atoms with Gasteiger partial charge in [-0.05, 0) is 43.3 Å². The van der Waals surface area contributed by atoms with Crippen LogP contribution >= 0.6 is 11.3 Å². The van der Waals surface area contributed by atoms with Crippen molar-refractivity contribution in [1.29, 1.82) is 0 Å². The number of carbonyl (C=O) groups is 1. The van der Waals surface area contributed by atoms with Gasteiger partial charge in [-0.3, -0.25) is 14.3 Å². The molecule has 0 spiro atoms. The molecule has 0 saturated carbocycles. The van der Waals surface area contributed by atoms with Crippen LogP contribution in [0.5, 0.6) is 11.5 Å². The maximum absolute atomic E-state index is 14.4. The average Bonchev–Trinajstić information content (AvgIpc) is 3.30. The molecule has 37 heavy (non-hydrogen) atoms. The van der Waals surface area contributed by atoms with Gasteiger partial charge in [0.2, 0.25) is 0 Å². The smallest absolute Gasteiger partial charge is 0.268 e. The Bertz CT molecular complexity index is 1710. The molecule has 0 saturated heterocycles. The largest absolute Gasteiger partial charge is 0.454 e. The number of sulfonamides is 1. The number of thiophene rings is 1. The van der Waals surface area contributed by atoms with Crippen molar-refractivity contribution in [3.05, 3.63) is 87.5 Å². The third-order valence-corrected chi connectivity index (χ3v) is 7.36. The first-order valence-corrected chi connectivity index (χ1v) is 13.2. The summed E-state index contributed by atoms with van der Waals surface area (Å²) in [5.74, 6) is -2.25. The van der Waals surface area contributed by atoms with Crippen LogP contribution in [0.15, 0.2) is 65.4 Å². The van der Waals surface area contributed by atoms with E-state index >= 15 is 0 Å². The standard InChI is InChI=1S/C25H21F2N3O5S2/c1-4-28-24(31)22-12-17-18(13-30(3)25(32)23(17)36-22)16-11-15(29-37(33,34)5-2)7-9-20(16)35-21-8-6-14(26)10-19(21)27/h5-13,29H,2,4H2,1,3H3,(H,28,31). The van der Waals surface area contributed by atoms with E-state index < -0.39 is 21.7 Å². The van der Waals surface area contributed by atoms with Crippen LogP contribution in [-0.4, -0.2) is 25.4 Å². The van der Waals surface area contributed by atoms with Crippen molar-refractivity contribution in [2.24, 2.45) is 7.05 Å². The molecule has 4 aromatic rings. The van der Waals surface area contributed by atoms with Gasteiger partial charge in [-0.15, -0.1) is 11.3 Å². The summed E-state index contributed by atoms with van der Waals surface area (Å²) >= 11 is 1.01. The van der Waals surface area contributed by atoms with Crippen LogP contribution in [0, 0.1) is 11.6 Å². The van der Waals surface area contributed by atoms with Gasteiger partial charge in [0.15, 0.2) is 11.6 Å². The molecule has 2 heterocycles. The van der Waals surface area contributed by atoms with E-state index in [-0.39, 0.29) is 38.9 Å². The van der Waals surface area contributed by atoms with E-state index in [0.29, 0.717) is 28.4 Å². The van der Waals surface area contributed by atoms with Crippen molar-refractivity contribution in [3.63, 3.8) is 0 Å². The van der Waals surface area contributed by atoms with Gasteiger partial charge in [0.1, 0.15) is 16.3 Å². The first-order chi connectivity index (χ1) is 17.5. The molecule has 0 aliphatic carbocycles. The number of anilines is 1. The Morgan fingerprint density at radius 2 is 1.86 bits per heavy atom. The molecule has 8 nitrogen and oxygen atoms in total. The van der Waals surface area contributed by atoms with Crippen molar-refractivity contribution in [2.75, 3.05) is 11.3 Å². The molecule has 0 fully saturated rings.